The van der Waals surface area contributed by atoms with Crippen LogP contribution in [0.15, 0.2) is 97.6 Å². The number of benzene rings is 2. The molecule has 0 bridgehead atoms. The predicted molar refractivity (Wildman–Crippen MR) is 254 cm³/mol. The van der Waals surface area contributed by atoms with Crippen molar-refractivity contribution >= 4 is 51.0 Å². The summed E-state index contributed by atoms with van der Waals surface area (Å²) in [6.45, 7) is 8.49. The number of aromatic nitrogens is 8. The van der Waals surface area contributed by atoms with E-state index in [1.165, 1.54) is 0 Å². The van der Waals surface area contributed by atoms with Crippen LogP contribution in [0, 0.1) is 0 Å². The van der Waals surface area contributed by atoms with E-state index in [-0.39, 0.29) is 43.2 Å². The number of carbonyl (C=O) groups excluding carboxylic acids is 3. The van der Waals surface area contributed by atoms with E-state index in [1.54, 1.807) is 83.0 Å². The van der Waals surface area contributed by atoms with Crippen molar-refractivity contribution in [3.8, 4) is 23.0 Å². The fourth-order valence-corrected chi connectivity index (χ4v) is 8.02. The summed E-state index contributed by atoms with van der Waals surface area (Å²) in [5.74, 6) is 3.59. The lowest BCUT2D eigenvalue weighted by atomic mass is 10.2. The van der Waals surface area contributed by atoms with Crippen LogP contribution < -0.4 is 34.9 Å². The molecule has 6 aromatic heterocycles. The summed E-state index contributed by atoms with van der Waals surface area (Å²) in [7, 11) is 3.23. The Hall–Kier alpha value is -8.13. The van der Waals surface area contributed by atoms with Crippen LogP contribution in [0.5, 0.6) is 23.0 Å². The minimum atomic E-state index is -0.563. The standard InChI is InChI=1S/C27H30N6O5.C22H22N6O3/c1-27(2,3)38-26(35)32-12-10-18(15-32)29-25(34)17-5-8-23-30-31-24(33(23)14-17)16-37-22-9-11-28-21-13-19(36-4)6-7-20(21)22;1-30-16-3-4-17-18(10-16)24-9-7-19(17)31-13-21-27-26-20-5-2-14(12-28(20)21)22(29)25-15-6-8-23-11-15/h5-9,11,13-14,18H,10,12,15-16H2,1-4H3,(H,29,34);2-5,7,9-10,12,15,23H,6,8,11,13H2,1H3,(H,25,29). The lowest BCUT2D eigenvalue weighted by molar-refractivity contribution is 0.0289. The maximum Gasteiger partial charge on any atom is 0.410 e. The predicted octanol–water partition coefficient (Wildman–Crippen LogP) is 5.56. The lowest BCUT2D eigenvalue weighted by Crippen LogP contribution is -2.40. The van der Waals surface area contributed by atoms with Gasteiger partial charge >= 0.3 is 6.09 Å². The van der Waals surface area contributed by atoms with Crippen LogP contribution >= 0.6 is 0 Å². The van der Waals surface area contributed by atoms with Crippen molar-refractivity contribution in [3.05, 3.63) is 120 Å². The molecule has 2 aliphatic heterocycles. The van der Waals surface area contributed by atoms with Crippen molar-refractivity contribution in [2.45, 2.75) is 64.5 Å². The van der Waals surface area contributed by atoms with E-state index < -0.39 is 5.60 Å². The topological polar surface area (TPSA) is 223 Å². The maximum absolute atomic E-state index is 13.0. The van der Waals surface area contributed by atoms with Gasteiger partial charge in [0, 0.05) is 79.4 Å². The first-order valence-corrected chi connectivity index (χ1v) is 22.5. The second-order valence-electron chi connectivity index (χ2n) is 17.5. The molecule has 2 unspecified atom stereocenters. The molecule has 2 aromatic carbocycles. The highest BCUT2D eigenvalue weighted by Gasteiger charge is 2.31. The number of methoxy groups -OCH3 is 2. The smallest absolute Gasteiger partial charge is 0.410 e. The van der Waals surface area contributed by atoms with E-state index in [4.69, 9.17) is 23.7 Å². The van der Waals surface area contributed by atoms with Gasteiger partial charge < -0.3 is 44.5 Å². The summed E-state index contributed by atoms with van der Waals surface area (Å²) in [5.41, 5.74) is 3.24. The Kier molecular flexibility index (Phi) is 13.3. The van der Waals surface area contributed by atoms with Crippen molar-refractivity contribution in [3.63, 3.8) is 0 Å². The average molecular weight is 937 g/mol. The molecule has 0 aliphatic carbocycles. The van der Waals surface area contributed by atoms with Crippen molar-refractivity contribution in [1.82, 2.24) is 60.0 Å². The molecule has 356 valence electrons. The molecular formula is C49H52N12O8. The van der Waals surface area contributed by atoms with E-state index >= 15 is 0 Å². The fraction of sp³-hybridized carbons (Fsp3) is 0.327. The molecule has 8 heterocycles. The molecule has 2 fully saturated rings. The summed E-state index contributed by atoms with van der Waals surface area (Å²) in [6.07, 6.45) is 8.04. The number of pyridine rings is 4. The molecule has 20 heteroatoms. The van der Waals surface area contributed by atoms with Crippen molar-refractivity contribution in [2.24, 2.45) is 0 Å². The van der Waals surface area contributed by atoms with Gasteiger partial charge in [0.2, 0.25) is 0 Å². The molecule has 3 amide bonds. The van der Waals surface area contributed by atoms with Gasteiger partial charge in [-0.15, -0.1) is 20.4 Å². The van der Waals surface area contributed by atoms with Crippen molar-refractivity contribution < 1.29 is 38.1 Å². The minimum Gasteiger partial charge on any atom is -0.497 e. The van der Waals surface area contributed by atoms with Gasteiger partial charge in [-0.05, 0) is 101 Å². The van der Waals surface area contributed by atoms with Crippen LogP contribution in [0.4, 0.5) is 4.79 Å². The number of carbonyl (C=O) groups is 3. The molecule has 20 nitrogen and oxygen atoms in total. The number of nitrogens with one attached hydrogen (secondary N) is 3. The molecule has 8 aromatic rings. The van der Waals surface area contributed by atoms with E-state index in [1.807, 2.05) is 63.2 Å². The highest BCUT2D eigenvalue weighted by atomic mass is 16.6. The zero-order valence-corrected chi connectivity index (χ0v) is 38.8. The highest BCUT2D eigenvalue weighted by Crippen LogP contribution is 2.29. The van der Waals surface area contributed by atoms with Gasteiger partial charge in [0.05, 0.1) is 36.4 Å². The van der Waals surface area contributed by atoms with Gasteiger partial charge in [-0.1, -0.05) is 0 Å². The zero-order valence-electron chi connectivity index (χ0n) is 38.8. The Labute approximate surface area is 396 Å². The van der Waals surface area contributed by atoms with Gasteiger partial charge in [-0.25, -0.2) is 4.79 Å². The van der Waals surface area contributed by atoms with Gasteiger partial charge in [-0.3, -0.25) is 28.4 Å². The van der Waals surface area contributed by atoms with Crippen LogP contribution in [-0.4, -0.2) is 120 Å². The Bertz CT molecular complexity index is 3160. The van der Waals surface area contributed by atoms with Gasteiger partial charge in [0.1, 0.15) is 41.8 Å². The van der Waals surface area contributed by atoms with Crippen LogP contribution in [0.3, 0.4) is 0 Å². The van der Waals surface area contributed by atoms with E-state index in [2.05, 4.69) is 46.3 Å². The monoisotopic (exact) mass is 936 g/mol. The van der Waals surface area contributed by atoms with Gasteiger partial charge in [0.15, 0.2) is 22.9 Å². The van der Waals surface area contributed by atoms with Crippen LogP contribution in [0.25, 0.3) is 33.1 Å². The number of hydrogen-bond acceptors (Lipinski definition) is 15. The first-order valence-electron chi connectivity index (χ1n) is 22.5. The molecule has 2 aliphatic rings. The van der Waals surface area contributed by atoms with E-state index in [9.17, 15) is 14.4 Å². The number of nitrogens with zero attached hydrogens (tertiary/aromatic N) is 9. The molecule has 2 saturated heterocycles. The number of hydrogen-bond donors (Lipinski definition) is 3. The number of fused-ring (bicyclic) bond motifs is 4. The molecule has 10 rings (SSSR count). The average Bonchev–Trinajstić information content (AvgIpc) is 4.20. The van der Waals surface area contributed by atoms with Crippen LogP contribution in [-0.2, 0) is 18.0 Å². The molecular weight excluding hydrogens is 885 g/mol. The molecule has 0 spiro atoms. The third-order valence-corrected chi connectivity index (χ3v) is 11.6. The van der Waals surface area contributed by atoms with Crippen LogP contribution in [0.1, 0.15) is 66.0 Å². The number of ether oxygens (including phenoxy) is 5. The van der Waals surface area contributed by atoms with Crippen molar-refractivity contribution in [2.75, 3.05) is 40.4 Å². The second kappa shape index (κ2) is 20.0. The largest absolute Gasteiger partial charge is 0.497 e. The summed E-state index contributed by atoms with van der Waals surface area (Å²) in [6, 6.07) is 21.8. The Morgan fingerprint density at radius 3 is 1.71 bits per heavy atom. The normalized spacial score (nSPS) is 15.8. The number of likely N-dealkylation sites (tertiary alicyclic amines) is 1. The fourth-order valence-electron chi connectivity index (χ4n) is 8.02. The first-order chi connectivity index (χ1) is 33.4. The third kappa shape index (κ3) is 10.7. The first kappa shape index (κ1) is 46.0. The summed E-state index contributed by atoms with van der Waals surface area (Å²) in [5, 5.41) is 27.9. The van der Waals surface area contributed by atoms with E-state index in [0.29, 0.717) is 70.8 Å². The summed E-state index contributed by atoms with van der Waals surface area (Å²) >= 11 is 0. The number of rotatable bonds is 12. The quantitative estimate of drug-likeness (QED) is 0.136. The Balaban J connectivity index is 0.000000175. The Morgan fingerprint density at radius 1 is 0.681 bits per heavy atom. The third-order valence-electron chi connectivity index (χ3n) is 11.6. The number of amides is 3. The summed E-state index contributed by atoms with van der Waals surface area (Å²) in [4.78, 5) is 48.3. The minimum absolute atomic E-state index is 0.106. The SMILES string of the molecule is COc1ccc2c(OCc3nnc4ccc(C(=O)NC5CCN(C(=O)OC(C)(C)C)C5)cn34)ccnc2c1.COc1ccc2c(OCc3nnc4ccc(C(=O)NC5CCNC5)cn34)ccnc2c1. The van der Waals surface area contributed by atoms with Crippen molar-refractivity contribution in [1.29, 1.82) is 0 Å². The molecule has 3 N–H and O–H groups in total. The molecule has 0 radical (unpaired) electrons. The van der Waals surface area contributed by atoms with Gasteiger partial charge in [-0.2, -0.15) is 0 Å². The second-order valence-corrected chi connectivity index (χ2v) is 17.5. The molecule has 2 atom stereocenters. The maximum atomic E-state index is 13.0. The van der Waals surface area contributed by atoms with E-state index in [0.717, 1.165) is 47.1 Å². The van der Waals surface area contributed by atoms with Crippen LogP contribution in [0.2, 0.25) is 0 Å². The molecule has 69 heavy (non-hydrogen) atoms. The molecule has 0 saturated carbocycles. The van der Waals surface area contributed by atoms with Gasteiger partial charge in [0.25, 0.3) is 11.8 Å². The highest BCUT2D eigenvalue weighted by molar-refractivity contribution is 5.95. The Morgan fingerprint density at radius 2 is 1.22 bits per heavy atom. The summed E-state index contributed by atoms with van der Waals surface area (Å²) < 4.78 is 31.6. The zero-order chi connectivity index (χ0) is 48.1. The lowest BCUT2D eigenvalue weighted by Gasteiger charge is -2.24.